The number of benzene rings is 1. The third-order valence-corrected chi connectivity index (χ3v) is 2.23. The van der Waals surface area contributed by atoms with Gasteiger partial charge in [-0.15, -0.1) is 0 Å². The van der Waals surface area contributed by atoms with Crippen molar-refractivity contribution in [1.29, 1.82) is 0 Å². The van der Waals surface area contributed by atoms with Gasteiger partial charge in [0.1, 0.15) is 0 Å². The summed E-state index contributed by atoms with van der Waals surface area (Å²) in [6, 6.07) is 3.99. The lowest BCUT2D eigenvalue weighted by molar-refractivity contribution is -0.103. The molecule has 14 heavy (non-hydrogen) atoms. The number of aliphatic hydroxyl groups is 1. The summed E-state index contributed by atoms with van der Waals surface area (Å²) in [5.74, 6) is 0. The van der Waals surface area contributed by atoms with Crippen LogP contribution in [-0.2, 0) is 4.79 Å². The van der Waals surface area contributed by atoms with Crippen molar-refractivity contribution in [2.75, 3.05) is 0 Å². The molecule has 0 unspecified atom stereocenters. The van der Waals surface area contributed by atoms with Crippen LogP contribution in [0.1, 0.15) is 22.3 Å². The highest BCUT2D eigenvalue weighted by Crippen LogP contribution is 2.22. The minimum absolute atomic E-state index is 0.333. The fourth-order valence-corrected chi connectivity index (χ4v) is 1.79. The normalized spacial score (nSPS) is 11.5. The molecular formula is C12H14O2. The number of allylic oxidation sites excluding steroid dienone is 1. The Balaban J connectivity index is 3.41. The van der Waals surface area contributed by atoms with Gasteiger partial charge in [0, 0.05) is 0 Å². The maximum Gasteiger partial charge on any atom is 0.153 e. The molecule has 74 valence electrons. The maximum absolute atomic E-state index is 10.7. The van der Waals surface area contributed by atoms with E-state index in [9.17, 15) is 4.79 Å². The van der Waals surface area contributed by atoms with Crippen molar-refractivity contribution in [1.82, 2.24) is 0 Å². The van der Waals surface area contributed by atoms with Crippen molar-refractivity contribution in [3.63, 3.8) is 0 Å². The van der Waals surface area contributed by atoms with Crippen molar-refractivity contribution in [3.05, 3.63) is 40.6 Å². The zero-order chi connectivity index (χ0) is 10.7. The van der Waals surface area contributed by atoms with E-state index in [0.717, 1.165) is 28.5 Å². The van der Waals surface area contributed by atoms with E-state index in [2.05, 4.69) is 0 Å². The zero-order valence-corrected chi connectivity index (χ0v) is 8.66. The molecule has 0 fully saturated rings. The van der Waals surface area contributed by atoms with Gasteiger partial charge in [-0.1, -0.05) is 17.7 Å². The van der Waals surface area contributed by atoms with Gasteiger partial charge >= 0.3 is 0 Å². The molecule has 0 aliphatic rings. The zero-order valence-electron chi connectivity index (χ0n) is 8.66. The summed E-state index contributed by atoms with van der Waals surface area (Å²) in [5.41, 5.74) is 4.34. The van der Waals surface area contributed by atoms with Gasteiger partial charge in [-0.05, 0) is 37.5 Å². The number of carbonyl (C=O) groups is 1. The number of aryl methyl sites for hydroxylation is 3. The van der Waals surface area contributed by atoms with Gasteiger partial charge in [0.15, 0.2) is 6.29 Å². The van der Waals surface area contributed by atoms with Gasteiger partial charge in [-0.25, -0.2) is 0 Å². The van der Waals surface area contributed by atoms with Gasteiger partial charge in [0.05, 0.1) is 11.8 Å². The molecular weight excluding hydrogens is 176 g/mol. The third kappa shape index (κ3) is 1.84. The fraction of sp³-hybridized carbons (Fsp3) is 0.250. The third-order valence-electron chi connectivity index (χ3n) is 2.23. The number of hydrogen-bond acceptors (Lipinski definition) is 2. The van der Waals surface area contributed by atoms with Crippen LogP contribution in [0.2, 0.25) is 0 Å². The summed E-state index contributed by atoms with van der Waals surface area (Å²) in [7, 11) is 0. The molecule has 0 aliphatic carbocycles. The Bertz CT molecular complexity index is 366. The molecule has 0 radical (unpaired) electrons. The van der Waals surface area contributed by atoms with Gasteiger partial charge < -0.3 is 5.11 Å². The van der Waals surface area contributed by atoms with Crippen LogP contribution < -0.4 is 0 Å². The summed E-state index contributed by atoms with van der Waals surface area (Å²) in [5, 5.41) is 8.90. The van der Waals surface area contributed by atoms with Gasteiger partial charge in [-0.3, -0.25) is 4.79 Å². The lowest BCUT2D eigenvalue weighted by atomic mass is 9.95. The smallest absolute Gasteiger partial charge is 0.153 e. The Labute approximate surface area is 83.9 Å². The average Bonchev–Trinajstić information content (AvgIpc) is 2.10. The molecule has 2 nitrogen and oxygen atoms in total. The molecule has 1 N–H and O–H groups in total. The first-order chi connectivity index (χ1) is 6.60. The molecule has 0 atom stereocenters. The standard InChI is InChI=1S/C12H14O2/c1-8-4-9(2)12(10(3)5-8)11(6-13)7-14/h4-7,13H,1-3H3/b11-6+. The Morgan fingerprint density at radius 2 is 1.71 bits per heavy atom. The number of aldehydes is 1. The number of carbonyl (C=O) groups excluding carboxylic acids is 1. The number of rotatable bonds is 2. The highest BCUT2D eigenvalue weighted by Gasteiger charge is 2.08. The summed E-state index contributed by atoms with van der Waals surface area (Å²) in [6.45, 7) is 5.87. The van der Waals surface area contributed by atoms with Crippen LogP contribution in [0.25, 0.3) is 5.57 Å². The van der Waals surface area contributed by atoms with E-state index in [4.69, 9.17) is 5.11 Å². The topological polar surface area (TPSA) is 37.3 Å². The van der Waals surface area contributed by atoms with Crippen molar-refractivity contribution in [2.24, 2.45) is 0 Å². The van der Waals surface area contributed by atoms with Crippen molar-refractivity contribution < 1.29 is 9.90 Å². The molecule has 2 heteroatoms. The van der Waals surface area contributed by atoms with Crippen LogP contribution in [0.5, 0.6) is 0 Å². The van der Waals surface area contributed by atoms with E-state index >= 15 is 0 Å². The summed E-state index contributed by atoms with van der Waals surface area (Å²) >= 11 is 0. The molecule has 1 aromatic carbocycles. The Hall–Kier alpha value is -1.57. The van der Waals surface area contributed by atoms with E-state index in [1.807, 2.05) is 32.9 Å². The first-order valence-corrected chi connectivity index (χ1v) is 4.48. The molecule has 1 aromatic rings. The average molecular weight is 190 g/mol. The highest BCUT2D eigenvalue weighted by molar-refractivity contribution is 6.07. The first kappa shape index (κ1) is 10.5. The van der Waals surface area contributed by atoms with Gasteiger partial charge in [0.2, 0.25) is 0 Å². The quantitative estimate of drug-likeness (QED) is 0.442. The molecule has 0 amide bonds. The largest absolute Gasteiger partial charge is 0.515 e. The van der Waals surface area contributed by atoms with Crippen LogP contribution >= 0.6 is 0 Å². The van der Waals surface area contributed by atoms with Crippen LogP contribution in [0.15, 0.2) is 18.4 Å². The van der Waals surface area contributed by atoms with Gasteiger partial charge in [-0.2, -0.15) is 0 Å². The number of aliphatic hydroxyl groups excluding tert-OH is 1. The predicted octanol–water partition coefficient (Wildman–Crippen LogP) is 2.71. The van der Waals surface area contributed by atoms with Crippen molar-refractivity contribution >= 4 is 11.9 Å². The lowest BCUT2D eigenvalue weighted by Gasteiger charge is -2.09. The van der Waals surface area contributed by atoms with Crippen LogP contribution in [-0.4, -0.2) is 11.4 Å². The molecule has 0 spiro atoms. The predicted molar refractivity (Wildman–Crippen MR) is 57.3 cm³/mol. The van der Waals surface area contributed by atoms with E-state index in [1.165, 1.54) is 0 Å². The minimum Gasteiger partial charge on any atom is -0.515 e. The Morgan fingerprint density at radius 1 is 1.21 bits per heavy atom. The van der Waals surface area contributed by atoms with Crippen LogP contribution in [0, 0.1) is 20.8 Å². The molecule has 0 aliphatic heterocycles. The molecule has 0 aromatic heterocycles. The second kappa shape index (κ2) is 4.09. The van der Waals surface area contributed by atoms with Crippen molar-refractivity contribution in [3.8, 4) is 0 Å². The maximum atomic E-state index is 10.7. The second-order valence-electron chi connectivity index (χ2n) is 3.48. The van der Waals surface area contributed by atoms with E-state index in [0.29, 0.717) is 11.9 Å². The Kier molecular flexibility index (Phi) is 3.07. The number of hydrogen-bond donors (Lipinski definition) is 1. The second-order valence-corrected chi connectivity index (χ2v) is 3.48. The molecule has 1 rings (SSSR count). The summed E-state index contributed by atoms with van der Waals surface area (Å²) in [4.78, 5) is 10.7. The van der Waals surface area contributed by atoms with Crippen LogP contribution in [0.3, 0.4) is 0 Å². The first-order valence-electron chi connectivity index (χ1n) is 4.48. The molecule has 0 heterocycles. The molecule has 0 saturated heterocycles. The minimum atomic E-state index is 0.333. The SMILES string of the molecule is Cc1cc(C)c(/C(C=O)=C/O)c(C)c1. The Morgan fingerprint density at radius 3 is 2.07 bits per heavy atom. The monoisotopic (exact) mass is 190 g/mol. The highest BCUT2D eigenvalue weighted by atomic mass is 16.2. The van der Waals surface area contributed by atoms with Crippen molar-refractivity contribution in [2.45, 2.75) is 20.8 Å². The van der Waals surface area contributed by atoms with E-state index < -0.39 is 0 Å². The van der Waals surface area contributed by atoms with E-state index in [1.54, 1.807) is 0 Å². The lowest BCUT2D eigenvalue weighted by Crippen LogP contribution is -1.95. The fourth-order valence-electron chi connectivity index (χ4n) is 1.79. The summed E-state index contributed by atoms with van der Waals surface area (Å²) < 4.78 is 0. The van der Waals surface area contributed by atoms with Gasteiger partial charge in [0.25, 0.3) is 0 Å². The molecule has 0 bridgehead atoms. The summed E-state index contributed by atoms with van der Waals surface area (Å²) in [6.07, 6.45) is 1.53. The molecule has 0 saturated carbocycles. The van der Waals surface area contributed by atoms with Crippen LogP contribution in [0.4, 0.5) is 0 Å². The van der Waals surface area contributed by atoms with E-state index in [-0.39, 0.29) is 0 Å².